The standard InChI is InChI=1S/5C18H15P.Au.F6P.H2O.2Pt.2S/c5*1-4-10-16(11-5-1)19(17-12-6-2-7-13-17)18-14-8-3-9-15-18;;1-7(2,3,4,5)6;;;;;/h5*1-15H;;;1H2;;;;/q;;;;;+1;-1;;2*+2;2*-2. The van der Waals surface area contributed by atoms with Crippen LogP contribution in [0.1, 0.15) is 0 Å². The van der Waals surface area contributed by atoms with Gasteiger partial charge < -0.3 is 32.5 Å². The zero-order chi connectivity index (χ0) is 71.0. The summed E-state index contributed by atoms with van der Waals surface area (Å²) in [6.07, 6.45) is 0. The Morgan fingerprint density at radius 2 is 0.185 bits per heavy atom. The first-order chi connectivity index (χ1) is 49.7. The number of halogens is 6. The van der Waals surface area contributed by atoms with Crippen LogP contribution in [0.15, 0.2) is 455 Å². The van der Waals surface area contributed by atoms with Crippen LogP contribution in [0.2, 0.25) is 0 Å². The zero-order valence-corrected chi connectivity index (χ0v) is 71.7. The summed E-state index contributed by atoms with van der Waals surface area (Å²) in [6, 6.07) is 162. The van der Waals surface area contributed by atoms with Gasteiger partial charge >= 0.3 is 97.5 Å². The fourth-order valence-electron chi connectivity index (χ4n) is 10.9. The van der Waals surface area contributed by atoms with Crippen LogP contribution in [0.5, 0.6) is 0 Å². The van der Waals surface area contributed by atoms with Crippen LogP contribution < -0.4 is 79.6 Å². The topological polar surface area (TPSA) is 31.5 Å². The SMILES string of the molecule is F[P-](F)(F)(F)(F)F.O.[Au+].[Pt+2].[Pt+2].[S-2].[S-2].c1ccc(P(c2ccccc2)c2ccccc2)cc1.c1ccc(P(c2ccccc2)c2ccccc2)cc1.c1ccc(P(c2ccccc2)c2ccccc2)cc1.c1ccc(P(c2ccccc2)c2ccccc2)cc1.c1ccc(P(c2ccccc2)c2ccccc2)cc1. The second-order valence-electron chi connectivity index (χ2n) is 22.7. The Labute approximate surface area is 697 Å². The molecule has 2 N–H and O–H groups in total. The van der Waals surface area contributed by atoms with Gasteiger partial charge in [-0.3, -0.25) is 0 Å². The monoisotopic (exact) mass is 2120 g/mol. The molecule has 0 aromatic heterocycles. The maximum absolute atomic E-state index is 10.7. The van der Waals surface area contributed by atoms with Gasteiger partial charge in [0.05, 0.1) is 0 Å². The summed E-state index contributed by atoms with van der Waals surface area (Å²) in [4.78, 5) is 0. The van der Waals surface area contributed by atoms with Crippen LogP contribution in [0.4, 0.5) is 25.2 Å². The predicted molar refractivity (Wildman–Crippen MR) is 458 cm³/mol. The Kier molecular flexibility index (Phi) is 41.7. The third kappa shape index (κ3) is 31.9. The van der Waals surface area contributed by atoms with Crippen LogP contribution in [-0.2, 0) is 91.5 Å². The van der Waals surface area contributed by atoms with Gasteiger partial charge in [0.2, 0.25) is 0 Å². The summed E-state index contributed by atoms with van der Waals surface area (Å²) in [7, 11) is -12.9. The second kappa shape index (κ2) is 48.1. The van der Waals surface area contributed by atoms with Crippen LogP contribution in [-0.4, -0.2) is 5.48 Å². The zero-order valence-electron chi connectivity index (χ0n) is 58.0. The molecule has 0 saturated carbocycles. The van der Waals surface area contributed by atoms with Crippen molar-refractivity contribution in [1.29, 1.82) is 0 Å². The molecule has 108 heavy (non-hydrogen) atoms. The molecule has 15 aromatic carbocycles. The summed E-state index contributed by atoms with van der Waals surface area (Å²) < 4.78 is 59.2. The van der Waals surface area contributed by atoms with Crippen molar-refractivity contribution in [2.75, 3.05) is 0 Å². The molecule has 18 heteroatoms. The molecule has 0 atom stereocenters. The molecule has 1 nitrogen and oxygen atoms in total. The molecule has 0 heterocycles. The van der Waals surface area contributed by atoms with Crippen molar-refractivity contribution in [3.63, 3.8) is 0 Å². The largest absolute Gasteiger partial charge is 2.00 e. The molecule has 0 aliphatic heterocycles. The molecular formula is C90H77AuF6OP6Pt2S2. The summed E-state index contributed by atoms with van der Waals surface area (Å²) in [6.45, 7) is 0. The van der Waals surface area contributed by atoms with Gasteiger partial charge in [-0.1, -0.05) is 455 Å². The molecule has 0 bridgehead atoms. The molecule has 0 fully saturated rings. The molecule has 15 rings (SSSR count). The van der Waals surface area contributed by atoms with Crippen molar-refractivity contribution >= 4 is 154 Å². The molecule has 558 valence electrons. The van der Waals surface area contributed by atoms with E-state index in [1.54, 1.807) is 0 Å². The minimum absolute atomic E-state index is 0. The Hall–Kier alpha value is -6.76. The molecule has 0 aliphatic carbocycles. The van der Waals surface area contributed by atoms with Gasteiger partial charge in [-0.2, -0.15) is 0 Å². The van der Waals surface area contributed by atoms with E-state index in [1.165, 1.54) is 79.6 Å². The molecule has 0 amide bonds. The Morgan fingerprint density at radius 3 is 0.231 bits per heavy atom. The normalized spacial score (nSPS) is 10.8. The van der Waals surface area contributed by atoms with E-state index >= 15 is 0 Å². The Bertz CT molecular complexity index is 3620. The molecular weight excluding hydrogens is 2050 g/mol. The summed E-state index contributed by atoms with van der Waals surface area (Å²) >= 11 is 0. The van der Waals surface area contributed by atoms with E-state index < -0.39 is 47.4 Å². The molecule has 0 radical (unpaired) electrons. The van der Waals surface area contributed by atoms with Gasteiger partial charge in [0, 0.05) is 0 Å². The molecule has 0 unspecified atom stereocenters. The average molecular weight is 2130 g/mol. The first-order valence-electron chi connectivity index (χ1n) is 33.0. The average Bonchev–Trinajstić information content (AvgIpc) is 0.906. The molecule has 15 aromatic rings. The van der Waals surface area contributed by atoms with Gasteiger partial charge in [0.25, 0.3) is 0 Å². The van der Waals surface area contributed by atoms with E-state index in [0.717, 1.165) is 0 Å². The number of hydrogen-bond acceptors (Lipinski definition) is 0. The maximum Gasteiger partial charge on any atom is 2.00 e. The van der Waals surface area contributed by atoms with Crippen LogP contribution in [0.3, 0.4) is 0 Å². The van der Waals surface area contributed by atoms with E-state index in [4.69, 9.17) is 0 Å². The van der Waals surface area contributed by atoms with Crippen molar-refractivity contribution in [3.05, 3.63) is 455 Å². The number of benzene rings is 15. The minimum atomic E-state index is -10.7. The van der Waals surface area contributed by atoms with E-state index in [1.807, 2.05) is 0 Å². The van der Waals surface area contributed by atoms with E-state index in [0.29, 0.717) is 0 Å². The maximum atomic E-state index is 9.87. The van der Waals surface area contributed by atoms with Gasteiger partial charge in [0.15, 0.2) is 0 Å². The summed E-state index contributed by atoms with van der Waals surface area (Å²) in [5, 5.41) is 21.0. The number of rotatable bonds is 15. The van der Waals surface area contributed by atoms with Crippen molar-refractivity contribution in [2.45, 2.75) is 0 Å². The van der Waals surface area contributed by atoms with Gasteiger partial charge in [-0.15, -0.1) is 0 Å². The molecule has 0 aliphatic rings. The second-order valence-corrected chi connectivity index (χ2v) is 35.7. The van der Waals surface area contributed by atoms with Gasteiger partial charge in [-0.25, -0.2) is 0 Å². The van der Waals surface area contributed by atoms with Crippen molar-refractivity contribution < 1.29 is 95.2 Å². The van der Waals surface area contributed by atoms with Crippen LogP contribution in [0, 0.1) is 0 Å². The minimum Gasteiger partial charge on any atom is -2.00 e. The fourth-order valence-corrected chi connectivity index (χ4v) is 22.4. The first kappa shape index (κ1) is 93.6. The van der Waals surface area contributed by atoms with Crippen LogP contribution in [0.25, 0.3) is 0 Å². The Morgan fingerprint density at radius 1 is 0.139 bits per heavy atom. The van der Waals surface area contributed by atoms with E-state index in [9.17, 15) is 25.2 Å². The molecule has 0 saturated heterocycles. The van der Waals surface area contributed by atoms with E-state index in [-0.39, 0.29) is 97.0 Å². The smallest absolute Gasteiger partial charge is 2.00 e. The third-order valence-electron chi connectivity index (χ3n) is 15.2. The van der Waals surface area contributed by atoms with E-state index in [2.05, 4.69) is 455 Å². The van der Waals surface area contributed by atoms with Gasteiger partial charge in [0.1, 0.15) is 0 Å². The van der Waals surface area contributed by atoms with Gasteiger partial charge in [-0.05, 0) is 119 Å². The van der Waals surface area contributed by atoms with Crippen molar-refractivity contribution in [2.24, 2.45) is 0 Å². The third-order valence-corrected chi connectivity index (χ3v) is 27.4. The Balaban J connectivity index is 0.000000275. The predicted octanol–water partition coefficient (Wildman–Crippen LogP) is 19.8. The van der Waals surface area contributed by atoms with Crippen molar-refractivity contribution in [1.82, 2.24) is 0 Å². The number of hydrogen-bond donors (Lipinski definition) is 0. The summed E-state index contributed by atoms with van der Waals surface area (Å²) in [5.41, 5.74) is 0. The fraction of sp³-hybridized carbons (Fsp3) is 0. The van der Waals surface area contributed by atoms with Crippen molar-refractivity contribution in [3.8, 4) is 0 Å². The summed E-state index contributed by atoms with van der Waals surface area (Å²) in [5.74, 6) is 0. The van der Waals surface area contributed by atoms with Crippen LogP contribution >= 0.6 is 47.4 Å². The molecule has 0 spiro atoms. The quantitative estimate of drug-likeness (QED) is 0.0557. The first-order valence-corrected chi connectivity index (χ1v) is 41.8.